The molecule has 1 saturated carbocycles. The Labute approximate surface area is 156 Å². The summed E-state index contributed by atoms with van der Waals surface area (Å²) in [7, 11) is -3.74. The summed E-state index contributed by atoms with van der Waals surface area (Å²) in [6, 6.07) is 2.83. The van der Waals surface area contributed by atoms with E-state index in [9.17, 15) is 22.4 Å². The third-order valence-corrected chi connectivity index (χ3v) is 5.18. The second-order valence-corrected chi connectivity index (χ2v) is 8.64. The molecule has 2 N–H and O–H groups in total. The Morgan fingerprint density at radius 3 is 2.59 bits per heavy atom. The second-order valence-electron chi connectivity index (χ2n) is 6.89. The SMILES string of the molecule is CS(=O)(=O)Nc1cc(F)cc2c(=O)cc(C(=O)NCC3CCCCC3)oc12. The fourth-order valence-electron chi connectivity index (χ4n) is 3.33. The molecule has 0 bridgehead atoms. The van der Waals surface area contributed by atoms with Crippen LogP contribution in [0.1, 0.15) is 42.7 Å². The molecule has 0 aliphatic heterocycles. The van der Waals surface area contributed by atoms with Crippen molar-refractivity contribution >= 4 is 32.6 Å². The molecule has 1 aliphatic carbocycles. The molecular weight excluding hydrogens is 375 g/mol. The molecule has 9 heteroatoms. The molecule has 1 heterocycles. The van der Waals surface area contributed by atoms with Gasteiger partial charge in [-0.05, 0) is 24.8 Å². The van der Waals surface area contributed by atoms with Gasteiger partial charge in [0.2, 0.25) is 10.0 Å². The van der Waals surface area contributed by atoms with Crippen molar-refractivity contribution in [2.45, 2.75) is 32.1 Å². The smallest absolute Gasteiger partial charge is 0.287 e. The van der Waals surface area contributed by atoms with Crippen LogP contribution in [0.3, 0.4) is 0 Å². The molecule has 0 radical (unpaired) electrons. The van der Waals surface area contributed by atoms with Crippen LogP contribution in [0.5, 0.6) is 0 Å². The lowest BCUT2D eigenvalue weighted by molar-refractivity contribution is 0.0916. The van der Waals surface area contributed by atoms with Crippen LogP contribution in [0.15, 0.2) is 27.4 Å². The molecule has 7 nitrogen and oxygen atoms in total. The van der Waals surface area contributed by atoms with E-state index in [1.165, 1.54) is 6.42 Å². The lowest BCUT2D eigenvalue weighted by Gasteiger charge is -2.21. The minimum Gasteiger partial charge on any atom is -0.448 e. The Balaban J connectivity index is 1.92. The maximum absolute atomic E-state index is 13.7. The number of anilines is 1. The molecule has 1 aliphatic rings. The molecule has 2 aromatic rings. The van der Waals surface area contributed by atoms with Crippen molar-refractivity contribution in [3.63, 3.8) is 0 Å². The first-order valence-electron chi connectivity index (χ1n) is 8.76. The standard InChI is InChI=1S/C18H21FN2O5S/c1-27(24,25)21-14-8-12(19)7-13-15(22)9-16(26-17(13)14)18(23)20-10-11-5-3-2-4-6-11/h7-9,11,21H,2-6,10H2,1H3,(H,20,23). The number of carbonyl (C=O) groups excluding carboxylic acids is 1. The van der Waals surface area contributed by atoms with Crippen molar-refractivity contribution in [1.82, 2.24) is 5.32 Å². The zero-order chi connectivity index (χ0) is 19.6. The zero-order valence-electron chi connectivity index (χ0n) is 14.9. The van der Waals surface area contributed by atoms with Crippen molar-refractivity contribution in [1.29, 1.82) is 0 Å². The van der Waals surface area contributed by atoms with E-state index in [1.807, 2.05) is 0 Å². The Morgan fingerprint density at radius 1 is 1.22 bits per heavy atom. The minimum absolute atomic E-state index is 0.148. The maximum Gasteiger partial charge on any atom is 0.287 e. The van der Waals surface area contributed by atoms with Crippen molar-refractivity contribution in [3.05, 3.63) is 40.0 Å². The van der Waals surface area contributed by atoms with Crippen molar-refractivity contribution in [3.8, 4) is 0 Å². The van der Waals surface area contributed by atoms with Gasteiger partial charge in [-0.2, -0.15) is 0 Å². The lowest BCUT2D eigenvalue weighted by atomic mass is 9.89. The highest BCUT2D eigenvalue weighted by atomic mass is 32.2. The van der Waals surface area contributed by atoms with Crippen LogP contribution in [-0.4, -0.2) is 27.1 Å². The minimum atomic E-state index is -3.74. The fourth-order valence-corrected chi connectivity index (χ4v) is 3.88. The monoisotopic (exact) mass is 396 g/mol. The number of nitrogens with one attached hydrogen (secondary N) is 2. The molecule has 1 fully saturated rings. The number of amides is 1. The molecule has 1 amide bonds. The Bertz CT molecular complexity index is 1030. The molecule has 0 spiro atoms. The van der Waals surface area contributed by atoms with Crippen LogP contribution >= 0.6 is 0 Å². The highest BCUT2D eigenvalue weighted by molar-refractivity contribution is 7.92. The van der Waals surface area contributed by atoms with E-state index in [1.54, 1.807) is 0 Å². The van der Waals surface area contributed by atoms with E-state index in [2.05, 4.69) is 10.0 Å². The molecule has 146 valence electrons. The molecular formula is C18H21FN2O5S. The maximum atomic E-state index is 13.7. The van der Waals surface area contributed by atoms with E-state index in [0.29, 0.717) is 12.5 Å². The number of benzene rings is 1. The number of rotatable bonds is 5. The van der Waals surface area contributed by atoms with Crippen LogP contribution in [0.25, 0.3) is 11.0 Å². The van der Waals surface area contributed by atoms with Gasteiger partial charge in [0, 0.05) is 18.7 Å². The van der Waals surface area contributed by atoms with Gasteiger partial charge >= 0.3 is 0 Å². The first-order chi connectivity index (χ1) is 12.7. The number of fused-ring (bicyclic) bond motifs is 1. The Morgan fingerprint density at radius 2 is 1.93 bits per heavy atom. The summed E-state index contributed by atoms with van der Waals surface area (Å²) in [5.74, 6) is -1.21. The third-order valence-electron chi connectivity index (χ3n) is 4.59. The van der Waals surface area contributed by atoms with E-state index < -0.39 is 27.2 Å². The average molecular weight is 396 g/mol. The number of sulfonamides is 1. The fraction of sp³-hybridized carbons (Fsp3) is 0.444. The predicted molar refractivity (Wildman–Crippen MR) is 99.8 cm³/mol. The molecule has 3 rings (SSSR count). The van der Waals surface area contributed by atoms with Crippen molar-refractivity contribution < 1.29 is 22.0 Å². The van der Waals surface area contributed by atoms with Gasteiger partial charge in [-0.15, -0.1) is 0 Å². The first-order valence-corrected chi connectivity index (χ1v) is 10.7. The van der Waals surface area contributed by atoms with Crippen LogP contribution in [-0.2, 0) is 10.0 Å². The molecule has 0 atom stereocenters. The third kappa shape index (κ3) is 4.85. The van der Waals surface area contributed by atoms with Crippen LogP contribution in [0.4, 0.5) is 10.1 Å². The van der Waals surface area contributed by atoms with Gasteiger partial charge < -0.3 is 9.73 Å². The molecule has 27 heavy (non-hydrogen) atoms. The quantitative estimate of drug-likeness (QED) is 0.808. The van der Waals surface area contributed by atoms with Crippen LogP contribution in [0, 0.1) is 11.7 Å². The molecule has 0 saturated heterocycles. The Kier molecular flexibility index (Phi) is 5.50. The summed E-state index contributed by atoms with van der Waals surface area (Å²) in [4.78, 5) is 24.7. The van der Waals surface area contributed by atoms with E-state index in [0.717, 1.165) is 50.1 Å². The second kappa shape index (κ2) is 7.67. The van der Waals surface area contributed by atoms with E-state index in [4.69, 9.17) is 4.42 Å². The van der Waals surface area contributed by atoms with Gasteiger partial charge in [0.05, 0.1) is 17.3 Å². The summed E-state index contributed by atoms with van der Waals surface area (Å²) in [5.41, 5.74) is -1.04. The van der Waals surface area contributed by atoms with Crippen LogP contribution in [0.2, 0.25) is 0 Å². The first kappa shape index (κ1) is 19.3. The van der Waals surface area contributed by atoms with E-state index >= 15 is 0 Å². The topological polar surface area (TPSA) is 105 Å². The molecule has 0 unspecified atom stereocenters. The predicted octanol–water partition coefficient (Wildman–Crippen LogP) is 2.61. The Hall–Kier alpha value is -2.42. The van der Waals surface area contributed by atoms with Gasteiger partial charge in [-0.1, -0.05) is 19.3 Å². The summed E-state index contributed by atoms with van der Waals surface area (Å²) >= 11 is 0. The van der Waals surface area contributed by atoms with Gasteiger partial charge in [0.15, 0.2) is 16.8 Å². The zero-order valence-corrected chi connectivity index (χ0v) is 15.7. The summed E-state index contributed by atoms with van der Waals surface area (Å²) in [6.45, 7) is 0.485. The largest absolute Gasteiger partial charge is 0.448 e. The van der Waals surface area contributed by atoms with Gasteiger partial charge in [-0.25, -0.2) is 12.8 Å². The number of hydrogen-bond acceptors (Lipinski definition) is 5. The highest BCUT2D eigenvalue weighted by Gasteiger charge is 2.19. The number of hydrogen-bond donors (Lipinski definition) is 2. The summed E-state index contributed by atoms with van der Waals surface area (Å²) in [6.07, 6.45) is 6.46. The van der Waals surface area contributed by atoms with E-state index in [-0.39, 0.29) is 22.4 Å². The van der Waals surface area contributed by atoms with Gasteiger partial charge in [0.1, 0.15) is 5.82 Å². The highest BCUT2D eigenvalue weighted by Crippen LogP contribution is 2.25. The summed E-state index contributed by atoms with van der Waals surface area (Å²) in [5, 5.41) is 2.61. The average Bonchev–Trinajstić information content (AvgIpc) is 2.60. The normalized spacial score (nSPS) is 15.6. The van der Waals surface area contributed by atoms with Crippen molar-refractivity contribution in [2.75, 3.05) is 17.5 Å². The molecule has 1 aromatic carbocycles. The van der Waals surface area contributed by atoms with Crippen LogP contribution < -0.4 is 15.5 Å². The summed E-state index contributed by atoms with van der Waals surface area (Å²) < 4.78 is 44.3. The van der Waals surface area contributed by atoms with Crippen molar-refractivity contribution in [2.24, 2.45) is 5.92 Å². The number of halogens is 1. The lowest BCUT2D eigenvalue weighted by Crippen LogP contribution is -2.30. The van der Waals surface area contributed by atoms with Gasteiger partial charge in [-0.3, -0.25) is 14.3 Å². The van der Waals surface area contributed by atoms with Gasteiger partial charge in [0.25, 0.3) is 5.91 Å². The molecule has 1 aromatic heterocycles. The number of carbonyl (C=O) groups is 1.